The number of aliphatic hydroxyl groups is 2. The standard InChI is InChI=1S/C24H42O6/c1-13(2)17-9-7-15(5)11-19(17)29-23(27)21(25)22(26)24(28)30-20-12-16(6)8-10-18(20)14(3)4/h13-22,25-26H,7-12H2,1-6H3/t15?,16?,17?,18?,19?,20?,21-,22-/m1/s1. The largest absolute Gasteiger partial charge is 0.460 e. The molecule has 6 nitrogen and oxygen atoms in total. The fourth-order valence-electron chi connectivity index (χ4n) is 5.20. The third kappa shape index (κ3) is 6.43. The molecule has 0 spiro atoms. The lowest BCUT2D eigenvalue weighted by atomic mass is 9.75. The van der Waals surface area contributed by atoms with Gasteiger partial charge in [0.15, 0.2) is 12.2 Å². The van der Waals surface area contributed by atoms with Gasteiger partial charge in [-0.25, -0.2) is 9.59 Å². The maximum absolute atomic E-state index is 12.5. The minimum Gasteiger partial charge on any atom is -0.460 e. The fourth-order valence-corrected chi connectivity index (χ4v) is 5.20. The van der Waals surface area contributed by atoms with Crippen molar-refractivity contribution in [1.82, 2.24) is 0 Å². The molecular formula is C24H42O6. The third-order valence-electron chi connectivity index (χ3n) is 7.24. The van der Waals surface area contributed by atoms with Gasteiger partial charge in [0.1, 0.15) is 12.2 Å². The minimum atomic E-state index is -1.93. The summed E-state index contributed by atoms with van der Waals surface area (Å²) in [5.41, 5.74) is 0. The van der Waals surface area contributed by atoms with Gasteiger partial charge in [0.2, 0.25) is 0 Å². The molecule has 6 heteroatoms. The molecule has 0 amide bonds. The van der Waals surface area contributed by atoms with E-state index in [2.05, 4.69) is 41.5 Å². The Hall–Kier alpha value is -1.14. The molecule has 174 valence electrons. The van der Waals surface area contributed by atoms with Gasteiger partial charge in [-0.05, 0) is 61.2 Å². The van der Waals surface area contributed by atoms with Crippen LogP contribution in [-0.4, -0.2) is 46.6 Å². The van der Waals surface area contributed by atoms with Gasteiger partial charge in [-0.3, -0.25) is 0 Å². The summed E-state index contributed by atoms with van der Waals surface area (Å²) in [5, 5.41) is 20.6. The Kier molecular flexibility index (Phi) is 9.16. The molecule has 0 bridgehead atoms. The summed E-state index contributed by atoms with van der Waals surface area (Å²) in [6, 6.07) is 0. The molecule has 2 aliphatic rings. The van der Waals surface area contributed by atoms with E-state index in [1.54, 1.807) is 0 Å². The Labute approximate surface area is 181 Å². The number of hydrogen-bond donors (Lipinski definition) is 2. The van der Waals surface area contributed by atoms with Crippen molar-refractivity contribution < 1.29 is 29.3 Å². The van der Waals surface area contributed by atoms with Crippen LogP contribution in [0.4, 0.5) is 0 Å². The van der Waals surface area contributed by atoms with Crippen molar-refractivity contribution in [1.29, 1.82) is 0 Å². The monoisotopic (exact) mass is 426 g/mol. The van der Waals surface area contributed by atoms with Gasteiger partial charge in [0.05, 0.1) is 0 Å². The normalized spacial score (nSPS) is 34.5. The first kappa shape index (κ1) is 25.1. The van der Waals surface area contributed by atoms with Gasteiger partial charge in [-0.15, -0.1) is 0 Å². The molecule has 0 radical (unpaired) electrons. The Balaban J connectivity index is 1.96. The second-order valence-electron chi connectivity index (χ2n) is 10.5. The van der Waals surface area contributed by atoms with Crippen molar-refractivity contribution >= 4 is 11.9 Å². The van der Waals surface area contributed by atoms with Gasteiger partial charge >= 0.3 is 11.9 Å². The molecule has 6 unspecified atom stereocenters. The highest BCUT2D eigenvalue weighted by molar-refractivity contribution is 5.85. The molecule has 2 aliphatic carbocycles. The van der Waals surface area contributed by atoms with E-state index < -0.39 is 24.1 Å². The summed E-state index contributed by atoms with van der Waals surface area (Å²) in [4.78, 5) is 25.0. The zero-order valence-electron chi connectivity index (χ0n) is 19.5. The van der Waals surface area contributed by atoms with E-state index in [1.807, 2.05) is 0 Å². The van der Waals surface area contributed by atoms with Gasteiger partial charge < -0.3 is 19.7 Å². The zero-order valence-corrected chi connectivity index (χ0v) is 19.5. The molecule has 0 aromatic heterocycles. The fraction of sp³-hybridized carbons (Fsp3) is 0.917. The second kappa shape index (κ2) is 10.9. The average molecular weight is 427 g/mol. The van der Waals surface area contributed by atoms with Gasteiger partial charge in [0.25, 0.3) is 0 Å². The molecule has 0 saturated heterocycles. The number of carbonyl (C=O) groups excluding carboxylic acids is 2. The zero-order chi connectivity index (χ0) is 22.6. The molecule has 2 rings (SSSR count). The number of aliphatic hydroxyl groups excluding tert-OH is 2. The van der Waals surface area contributed by atoms with Crippen molar-refractivity contribution in [2.45, 2.75) is 104 Å². The van der Waals surface area contributed by atoms with Crippen molar-refractivity contribution in [3.8, 4) is 0 Å². The van der Waals surface area contributed by atoms with Crippen LogP contribution in [0.25, 0.3) is 0 Å². The molecule has 0 aromatic rings. The van der Waals surface area contributed by atoms with Crippen LogP contribution in [0.3, 0.4) is 0 Å². The molecule has 30 heavy (non-hydrogen) atoms. The van der Waals surface area contributed by atoms with Crippen LogP contribution in [0.1, 0.15) is 80.1 Å². The van der Waals surface area contributed by atoms with Gasteiger partial charge in [0, 0.05) is 0 Å². The summed E-state index contributed by atoms with van der Waals surface area (Å²) in [5.74, 6) is 0.126. The van der Waals surface area contributed by atoms with Crippen LogP contribution in [0.15, 0.2) is 0 Å². The minimum absolute atomic E-state index is 0.219. The summed E-state index contributed by atoms with van der Waals surface area (Å²) < 4.78 is 11.2. The van der Waals surface area contributed by atoms with E-state index in [4.69, 9.17) is 9.47 Å². The maximum Gasteiger partial charge on any atom is 0.338 e. The van der Waals surface area contributed by atoms with E-state index in [0.29, 0.717) is 23.7 Å². The van der Waals surface area contributed by atoms with E-state index in [-0.39, 0.29) is 24.0 Å². The molecule has 0 aromatic carbocycles. The molecule has 0 heterocycles. The van der Waals surface area contributed by atoms with Gasteiger partial charge in [-0.2, -0.15) is 0 Å². The van der Waals surface area contributed by atoms with Crippen LogP contribution in [0, 0.1) is 35.5 Å². The first-order valence-corrected chi connectivity index (χ1v) is 11.8. The number of rotatable bonds is 7. The second-order valence-corrected chi connectivity index (χ2v) is 10.5. The van der Waals surface area contributed by atoms with Crippen LogP contribution in [0.2, 0.25) is 0 Å². The summed E-state index contributed by atoms with van der Waals surface area (Å²) >= 11 is 0. The van der Waals surface area contributed by atoms with Crippen molar-refractivity contribution in [3.05, 3.63) is 0 Å². The van der Waals surface area contributed by atoms with E-state index >= 15 is 0 Å². The summed E-state index contributed by atoms with van der Waals surface area (Å²) in [6.45, 7) is 12.6. The van der Waals surface area contributed by atoms with E-state index in [0.717, 1.165) is 38.5 Å². The SMILES string of the molecule is CC1CCC(C(C)C)C(OC(=O)[C@H](O)[C@@H](O)C(=O)OC2CC(C)CCC2C(C)C)C1. The highest BCUT2D eigenvalue weighted by atomic mass is 16.6. The van der Waals surface area contributed by atoms with Crippen LogP contribution < -0.4 is 0 Å². The van der Waals surface area contributed by atoms with E-state index in [1.165, 1.54) is 0 Å². The first-order chi connectivity index (χ1) is 14.0. The third-order valence-corrected chi connectivity index (χ3v) is 7.24. The van der Waals surface area contributed by atoms with Crippen LogP contribution >= 0.6 is 0 Å². The Bertz CT molecular complexity index is 524. The van der Waals surface area contributed by atoms with Gasteiger partial charge in [-0.1, -0.05) is 54.4 Å². The van der Waals surface area contributed by atoms with E-state index in [9.17, 15) is 19.8 Å². The Morgan fingerprint density at radius 1 is 0.700 bits per heavy atom. The Morgan fingerprint density at radius 2 is 1.03 bits per heavy atom. The predicted octanol–water partition coefficient (Wildman–Crippen LogP) is 3.72. The van der Waals surface area contributed by atoms with Crippen molar-refractivity contribution in [2.24, 2.45) is 35.5 Å². The van der Waals surface area contributed by atoms with Crippen LogP contribution in [0.5, 0.6) is 0 Å². The number of esters is 2. The predicted molar refractivity (Wildman–Crippen MR) is 114 cm³/mol. The lowest BCUT2D eigenvalue weighted by Gasteiger charge is -2.38. The molecule has 0 aliphatic heterocycles. The molecule has 2 N–H and O–H groups in total. The highest BCUT2D eigenvalue weighted by Gasteiger charge is 2.40. The van der Waals surface area contributed by atoms with Crippen molar-refractivity contribution in [3.63, 3.8) is 0 Å². The highest BCUT2D eigenvalue weighted by Crippen LogP contribution is 2.37. The first-order valence-electron chi connectivity index (χ1n) is 11.8. The molecular weight excluding hydrogens is 384 g/mol. The number of ether oxygens (including phenoxy) is 2. The van der Waals surface area contributed by atoms with Crippen LogP contribution in [-0.2, 0) is 19.1 Å². The summed E-state index contributed by atoms with van der Waals surface area (Å²) in [7, 11) is 0. The topological polar surface area (TPSA) is 93.1 Å². The number of carbonyl (C=O) groups is 2. The molecule has 2 fully saturated rings. The smallest absolute Gasteiger partial charge is 0.338 e. The molecule has 2 saturated carbocycles. The number of hydrogen-bond acceptors (Lipinski definition) is 6. The lowest BCUT2D eigenvalue weighted by molar-refractivity contribution is -0.185. The lowest BCUT2D eigenvalue weighted by Crippen LogP contribution is -2.47. The average Bonchev–Trinajstić information content (AvgIpc) is 2.66. The maximum atomic E-state index is 12.5. The summed E-state index contributed by atoms with van der Waals surface area (Å²) in [6.07, 6.45) is 1.11. The van der Waals surface area contributed by atoms with Crippen molar-refractivity contribution in [2.75, 3.05) is 0 Å². The quantitative estimate of drug-likeness (QED) is 0.603. The molecule has 8 atom stereocenters. The Morgan fingerprint density at radius 3 is 1.33 bits per heavy atom.